The van der Waals surface area contributed by atoms with Gasteiger partial charge in [0.2, 0.25) is 0 Å². The van der Waals surface area contributed by atoms with Gasteiger partial charge in [0.25, 0.3) is 5.91 Å². The van der Waals surface area contributed by atoms with E-state index in [0.29, 0.717) is 5.56 Å². The molecule has 0 saturated heterocycles. The van der Waals surface area contributed by atoms with Gasteiger partial charge in [-0.05, 0) is 41.3 Å². The van der Waals surface area contributed by atoms with Crippen molar-refractivity contribution < 1.29 is 17.6 Å². The lowest BCUT2D eigenvalue weighted by atomic mass is 10.2. The molecule has 2 heterocycles. The predicted octanol–water partition coefficient (Wildman–Crippen LogP) is 3.23. The molecule has 1 amide bonds. The van der Waals surface area contributed by atoms with Gasteiger partial charge >= 0.3 is 0 Å². The van der Waals surface area contributed by atoms with Crippen LogP contribution in [0.5, 0.6) is 0 Å². The molecule has 5 nitrogen and oxygen atoms in total. The molecule has 1 N–H and O–H groups in total. The molecule has 0 aliphatic carbocycles. The van der Waals surface area contributed by atoms with Gasteiger partial charge in [0, 0.05) is 24.5 Å². The Morgan fingerprint density at radius 2 is 2.04 bits per heavy atom. The quantitative estimate of drug-likeness (QED) is 0.701. The summed E-state index contributed by atoms with van der Waals surface area (Å²) >= 11 is 1.11. The monoisotopic (exact) mass is 390 g/mol. The average Bonchev–Trinajstić information content (AvgIpc) is 3.18. The van der Waals surface area contributed by atoms with Crippen molar-refractivity contribution >= 4 is 27.1 Å². The number of halogens is 1. The molecule has 0 unspecified atom stereocenters. The van der Waals surface area contributed by atoms with Crippen LogP contribution >= 0.6 is 11.3 Å². The molecule has 0 saturated carbocycles. The number of aromatic nitrogens is 1. The highest BCUT2D eigenvalue weighted by Crippen LogP contribution is 2.30. The molecule has 1 aromatic carbocycles. The Hall–Kier alpha value is -2.58. The van der Waals surface area contributed by atoms with Gasteiger partial charge in [-0.3, -0.25) is 9.78 Å². The first kappa shape index (κ1) is 18.2. The topological polar surface area (TPSA) is 76.1 Å². The third-order valence-electron chi connectivity index (χ3n) is 3.74. The fraction of sp³-hybridized carbons (Fsp3) is 0.111. The number of rotatable bonds is 6. The molecule has 26 heavy (non-hydrogen) atoms. The van der Waals surface area contributed by atoms with Gasteiger partial charge in [-0.15, -0.1) is 11.3 Å². The number of carbonyl (C=O) groups excluding carboxylic acids is 1. The fourth-order valence-corrected chi connectivity index (χ4v) is 5.31. The molecule has 0 spiro atoms. The Morgan fingerprint density at radius 1 is 1.19 bits per heavy atom. The first-order valence-corrected chi connectivity index (χ1v) is 10.1. The molecule has 0 fully saturated rings. The second-order valence-electron chi connectivity index (χ2n) is 5.47. The lowest BCUT2D eigenvalue weighted by Gasteiger charge is -2.18. The molecule has 0 aliphatic heterocycles. The summed E-state index contributed by atoms with van der Waals surface area (Å²) in [6.07, 6.45) is 3.01. The largest absolute Gasteiger partial charge is 0.350 e. The van der Waals surface area contributed by atoms with E-state index in [4.69, 9.17) is 0 Å². The van der Waals surface area contributed by atoms with Crippen molar-refractivity contribution in [3.63, 3.8) is 0 Å². The summed E-state index contributed by atoms with van der Waals surface area (Å²) in [5.41, 5.74) is 0.601. The van der Waals surface area contributed by atoms with Crippen LogP contribution in [0.4, 0.5) is 4.39 Å². The smallest absolute Gasteiger partial charge is 0.251 e. The van der Waals surface area contributed by atoms with Crippen LogP contribution in [0.25, 0.3) is 0 Å². The van der Waals surface area contributed by atoms with Gasteiger partial charge in [-0.25, -0.2) is 12.8 Å². The van der Waals surface area contributed by atoms with Crippen LogP contribution in [0.1, 0.15) is 21.2 Å². The minimum atomic E-state index is -3.71. The van der Waals surface area contributed by atoms with E-state index in [1.165, 1.54) is 30.5 Å². The highest BCUT2D eigenvalue weighted by Gasteiger charge is 2.30. The zero-order chi connectivity index (χ0) is 18.6. The molecule has 0 radical (unpaired) electrons. The summed E-state index contributed by atoms with van der Waals surface area (Å²) in [6.45, 7) is -0.152. The molecular formula is C18H15FN2O3S2. The van der Waals surface area contributed by atoms with Crippen LogP contribution in [0.2, 0.25) is 0 Å². The molecule has 8 heteroatoms. The lowest BCUT2D eigenvalue weighted by Crippen LogP contribution is -2.31. The molecule has 3 aromatic rings. The highest BCUT2D eigenvalue weighted by molar-refractivity contribution is 7.93. The molecule has 1 atom stereocenters. The SMILES string of the molecule is O=C(NC[C@H](c1cccnc1)S(=O)(=O)c1cccs1)c1cccc(F)c1. The number of nitrogens with one attached hydrogen (secondary N) is 1. The molecule has 134 valence electrons. The molecule has 0 aliphatic rings. The minimum absolute atomic E-state index is 0.128. The summed E-state index contributed by atoms with van der Waals surface area (Å²) in [5.74, 6) is -1.08. The Kier molecular flexibility index (Phi) is 5.43. The zero-order valence-corrected chi connectivity index (χ0v) is 15.1. The van der Waals surface area contributed by atoms with Crippen LogP contribution in [0, 0.1) is 5.82 Å². The van der Waals surface area contributed by atoms with Crippen LogP contribution in [-0.4, -0.2) is 25.9 Å². The van der Waals surface area contributed by atoms with E-state index in [2.05, 4.69) is 10.3 Å². The standard InChI is InChI=1S/C18H15FN2O3S2/c19-15-6-1-4-13(10-15)18(22)21-12-16(14-5-2-8-20-11-14)26(23,24)17-7-3-9-25-17/h1-11,16H,12H2,(H,21,22)/t16-/m1/s1. The number of amides is 1. The van der Waals surface area contributed by atoms with Crippen molar-refractivity contribution in [2.75, 3.05) is 6.54 Å². The van der Waals surface area contributed by atoms with E-state index in [9.17, 15) is 17.6 Å². The van der Waals surface area contributed by atoms with Gasteiger partial charge in [0.15, 0.2) is 9.84 Å². The maximum atomic E-state index is 13.3. The van der Waals surface area contributed by atoms with E-state index >= 15 is 0 Å². The van der Waals surface area contributed by atoms with Crippen LogP contribution in [0.15, 0.2) is 70.5 Å². The maximum Gasteiger partial charge on any atom is 0.251 e. The van der Waals surface area contributed by atoms with Gasteiger partial charge in [0.1, 0.15) is 15.3 Å². The Balaban J connectivity index is 1.87. The number of benzene rings is 1. The molecular weight excluding hydrogens is 375 g/mol. The number of thiophene rings is 1. The molecule has 0 bridgehead atoms. The van der Waals surface area contributed by atoms with Gasteiger partial charge in [-0.2, -0.15) is 0 Å². The predicted molar refractivity (Wildman–Crippen MR) is 97.2 cm³/mol. The summed E-state index contributed by atoms with van der Waals surface area (Å²) < 4.78 is 39.4. The Bertz CT molecular complexity index is 990. The van der Waals surface area contributed by atoms with Crippen molar-refractivity contribution in [1.29, 1.82) is 0 Å². The van der Waals surface area contributed by atoms with Gasteiger partial charge in [-0.1, -0.05) is 18.2 Å². The van der Waals surface area contributed by atoms with Crippen LogP contribution in [0.3, 0.4) is 0 Å². The third kappa shape index (κ3) is 3.97. The first-order valence-electron chi connectivity index (χ1n) is 7.69. The number of carbonyl (C=O) groups is 1. The highest BCUT2D eigenvalue weighted by atomic mass is 32.2. The van der Waals surface area contributed by atoms with Crippen molar-refractivity contribution in [3.05, 3.63) is 83.2 Å². The normalized spacial score (nSPS) is 12.5. The van der Waals surface area contributed by atoms with Crippen molar-refractivity contribution in [1.82, 2.24) is 10.3 Å². The second-order valence-corrected chi connectivity index (χ2v) is 8.78. The minimum Gasteiger partial charge on any atom is -0.350 e. The summed E-state index contributed by atoms with van der Waals surface area (Å²) in [6, 6.07) is 11.7. The molecule has 3 rings (SSSR count). The van der Waals surface area contributed by atoms with Crippen LogP contribution in [-0.2, 0) is 9.84 Å². The second kappa shape index (κ2) is 7.76. The van der Waals surface area contributed by atoms with Gasteiger partial charge in [0.05, 0.1) is 0 Å². The third-order valence-corrected chi connectivity index (χ3v) is 7.27. The maximum absolute atomic E-state index is 13.3. The van der Waals surface area contributed by atoms with Gasteiger partial charge < -0.3 is 5.32 Å². The number of hydrogen-bond acceptors (Lipinski definition) is 5. The van der Waals surface area contributed by atoms with E-state index in [1.54, 1.807) is 29.8 Å². The lowest BCUT2D eigenvalue weighted by molar-refractivity contribution is 0.0953. The summed E-state index contributed by atoms with van der Waals surface area (Å²) in [4.78, 5) is 16.2. The Labute approximate surface area is 154 Å². The van der Waals surface area contributed by atoms with E-state index in [1.807, 2.05) is 0 Å². The molecule has 2 aromatic heterocycles. The first-order chi connectivity index (χ1) is 12.5. The number of hydrogen-bond donors (Lipinski definition) is 1. The number of nitrogens with zero attached hydrogens (tertiary/aromatic N) is 1. The van der Waals surface area contributed by atoms with Crippen LogP contribution < -0.4 is 5.32 Å². The zero-order valence-electron chi connectivity index (χ0n) is 13.5. The van der Waals surface area contributed by atoms with E-state index in [-0.39, 0.29) is 16.3 Å². The fourth-order valence-electron chi connectivity index (χ4n) is 2.46. The Morgan fingerprint density at radius 3 is 2.69 bits per heavy atom. The van der Waals surface area contributed by atoms with E-state index < -0.39 is 26.8 Å². The van der Waals surface area contributed by atoms with E-state index in [0.717, 1.165) is 17.4 Å². The number of sulfone groups is 1. The summed E-state index contributed by atoms with van der Waals surface area (Å²) in [7, 11) is -3.71. The van der Waals surface area contributed by atoms with Crippen molar-refractivity contribution in [2.45, 2.75) is 9.46 Å². The van der Waals surface area contributed by atoms with Crippen molar-refractivity contribution in [3.8, 4) is 0 Å². The average molecular weight is 390 g/mol. The number of pyridine rings is 1. The summed E-state index contributed by atoms with van der Waals surface area (Å²) in [5, 5.41) is 3.27. The van der Waals surface area contributed by atoms with Crippen molar-refractivity contribution in [2.24, 2.45) is 0 Å².